The third kappa shape index (κ3) is 2.93. The van der Waals surface area contributed by atoms with Crippen LogP contribution in [-0.4, -0.2) is 37.3 Å². The van der Waals surface area contributed by atoms with Crippen molar-refractivity contribution < 1.29 is 0 Å². The Balaban J connectivity index is 2.07. The molecule has 19 heavy (non-hydrogen) atoms. The van der Waals surface area contributed by atoms with Crippen LogP contribution in [-0.2, 0) is 0 Å². The van der Waals surface area contributed by atoms with E-state index in [0.717, 1.165) is 23.0 Å². The van der Waals surface area contributed by atoms with E-state index in [1.165, 1.54) is 0 Å². The van der Waals surface area contributed by atoms with Crippen molar-refractivity contribution in [1.82, 2.24) is 10.4 Å². The highest BCUT2D eigenvalue weighted by molar-refractivity contribution is 7.80. The molecule has 0 bridgehead atoms. The maximum absolute atomic E-state index is 5.42. The van der Waals surface area contributed by atoms with Crippen LogP contribution >= 0.6 is 12.2 Å². The summed E-state index contributed by atoms with van der Waals surface area (Å²) >= 11 is 5.42. The zero-order valence-corrected chi connectivity index (χ0v) is 12.2. The van der Waals surface area contributed by atoms with Gasteiger partial charge in [-0.3, -0.25) is 0 Å². The quantitative estimate of drug-likeness (QED) is 0.857. The maximum Gasteiger partial charge on any atom is 0.175 e. The highest BCUT2D eigenvalue weighted by Crippen LogP contribution is 2.21. The fourth-order valence-corrected chi connectivity index (χ4v) is 1.94. The summed E-state index contributed by atoms with van der Waals surface area (Å²) in [4.78, 5) is 4.03. The normalized spacial score (nSPS) is 13.3. The van der Waals surface area contributed by atoms with Gasteiger partial charge in [0.05, 0.1) is 5.69 Å². The van der Waals surface area contributed by atoms with Crippen molar-refractivity contribution in [3.63, 3.8) is 0 Å². The molecule has 0 fully saturated rings. The Morgan fingerprint density at radius 1 is 1.37 bits per heavy atom. The van der Waals surface area contributed by atoms with Gasteiger partial charge in [0.15, 0.2) is 11.8 Å². The molecular formula is C12H18N6S. The highest BCUT2D eigenvalue weighted by Gasteiger charge is 2.12. The van der Waals surface area contributed by atoms with Gasteiger partial charge in [0.1, 0.15) is 0 Å². The number of anilines is 2. The summed E-state index contributed by atoms with van der Waals surface area (Å²) in [5, 5.41) is 10.3. The van der Waals surface area contributed by atoms with Crippen LogP contribution in [0.5, 0.6) is 0 Å². The lowest BCUT2D eigenvalue weighted by Crippen LogP contribution is -2.38. The van der Waals surface area contributed by atoms with Crippen LogP contribution in [0.15, 0.2) is 34.6 Å². The van der Waals surface area contributed by atoms with Gasteiger partial charge >= 0.3 is 0 Å². The lowest BCUT2D eigenvalue weighted by molar-refractivity contribution is 0.536. The van der Waals surface area contributed by atoms with Crippen molar-refractivity contribution in [2.24, 2.45) is 10.3 Å². The smallest absolute Gasteiger partial charge is 0.175 e. The molecule has 1 heterocycles. The van der Waals surface area contributed by atoms with E-state index in [1.807, 2.05) is 53.2 Å². The Bertz CT molecular complexity index is 464. The van der Waals surface area contributed by atoms with E-state index in [9.17, 15) is 0 Å². The van der Waals surface area contributed by atoms with Crippen molar-refractivity contribution in [2.45, 2.75) is 6.92 Å². The molecule has 1 aliphatic rings. The van der Waals surface area contributed by atoms with Crippen LogP contribution < -0.4 is 15.4 Å². The second kappa shape index (κ2) is 5.83. The highest BCUT2D eigenvalue weighted by atomic mass is 32.1. The lowest BCUT2D eigenvalue weighted by atomic mass is 10.2. The maximum atomic E-state index is 5.42. The summed E-state index contributed by atoms with van der Waals surface area (Å²) in [6.45, 7) is 3.50. The first-order valence-electron chi connectivity index (χ1n) is 6.12. The number of benzene rings is 1. The van der Waals surface area contributed by atoms with Gasteiger partial charge < -0.3 is 9.80 Å². The first-order valence-corrected chi connectivity index (χ1v) is 6.53. The summed E-state index contributed by atoms with van der Waals surface area (Å²) in [5.74, 6) is 0. The Morgan fingerprint density at radius 3 is 2.58 bits per heavy atom. The SMILES string of the molecule is CCN(C)C(=S)N(C)c1ccc(N2CN=NN2)cc1. The van der Waals surface area contributed by atoms with E-state index in [0.29, 0.717) is 6.67 Å². The van der Waals surface area contributed by atoms with Crippen LogP contribution in [0.25, 0.3) is 0 Å². The topological polar surface area (TPSA) is 46.5 Å². The van der Waals surface area contributed by atoms with Gasteiger partial charge in [0.25, 0.3) is 0 Å². The van der Waals surface area contributed by atoms with Crippen molar-refractivity contribution >= 4 is 28.7 Å². The minimum atomic E-state index is 0.534. The van der Waals surface area contributed by atoms with Gasteiger partial charge in [-0.25, -0.2) is 5.01 Å². The minimum Gasteiger partial charge on any atom is -0.352 e. The molecule has 1 aromatic rings. The van der Waals surface area contributed by atoms with Crippen molar-refractivity contribution in [3.05, 3.63) is 24.3 Å². The van der Waals surface area contributed by atoms with Crippen LogP contribution in [0.3, 0.4) is 0 Å². The van der Waals surface area contributed by atoms with Crippen molar-refractivity contribution in [3.8, 4) is 0 Å². The molecule has 0 aliphatic carbocycles. The molecule has 7 heteroatoms. The molecule has 0 radical (unpaired) electrons. The zero-order valence-electron chi connectivity index (χ0n) is 11.4. The molecule has 102 valence electrons. The first-order chi connectivity index (χ1) is 9.13. The molecule has 1 aliphatic heterocycles. The third-order valence-electron chi connectivity index (χ3n) is 3.08. The van der Waals surface area contributed by atoms with Crippen LogP contribution in [0, 0.1) is 0 Å². The summed E-state index contributed by atoms with van der Waals surface area (Å²) in [7, 11) is 3.96. The number of nitrogens with one attached hydrogen (secondary N) is 1. The molecule has 0 unspecified atom stereocenters. The third-order valence-corrected chi connectivity index (χ3v) is 3.66. The molecule has 0 saturated carbocycles. The average molecular weight is 278 g/mol. The molecule has 1 N–H and O–H groups in total. The summed E-state index contributed by atoms with van der Waals surface area (Å²) in [6, 6.07) is 8.10. The van der Waals surface area contributed by atoms with Gasteiger partial charge in [-0.2, -0.15) is 5.53 Å². The first kappa shape index (κ1) is 13.5. The predicted octanol–water partition coefficient (Wildman–Crippen LogP) is 2.01. The van der Waals surface area contributed by atoms with E-state index in [2.05, 4.69) is 22.8 Å². The molecule has 6 nitrogen and oxygen atoms in total. The zero-order chi connectivity index (χ0) is 13.8. The summed E-state index contributed by atoms with van der Waals surface area (Å²) in [5.41, 5.74) is 4.90. The molecule has 0 amide bonds. The Labute approximate surface area is 118 Å². The van der Waals surface area contributed by atoms with Gasteiger partial charge in [-0.1, -0.05) is 5.22 Å². The molecule has 0 aromatic heterocycles. The average Bonchev–Trinajstić information content (AvgIpc) is 2.99. The van der Waals surface area contributed by atoms with E-state index in [1.54, 1.807) is 0 Å². The van der Waals surface area contributed by atoms with E-state index < -0.39 is 0 Å². The molecule has 1 aromatic carbocycles. The molecule has 0 atom stereocenters. The minimum absolute atomic E-state index is 0.534. The van der Waals surface area contributed by atoms with Crippen molar-refractivity contribution in [2.75, 3.05) is 37.2 Å². The van der Waals surface area contributed by atoms with Gasteiger partial charge in [0, 0.05) is 26.3 Å². The second-order valence-electron chi connectivity index (χ2n) is 4.28. The van der Waals surface area contributed by atoms with Gasteiger partial charge in [-0.05, 0) is 43.4 Å². The summed E-state index contributed by atoms with van der Waals surface area (Å²) in [6.07, 6.45) is 0. The van der Waals surface area contributed by atoms with Crippen molar-refractivity contribution in [1.29, 1.82) is 0 Å². The van der Waals surface area contributed by atoms with Crippen LogP contribution in [0.2, 0.25) is 0 Å². The summed E-state index contributed by atoms with van der Waals surface area (Å²) < 4.78 is 0. The monoisotopic (exact) mass is 278 g/mol. The number of rotatable bonds is 3. The predicted molar refractivity (Wildman–Crippen MR) is 81.1 cm³/mol. The lowest BCUT2D eigenvalue weighted by Gasteiger charge is -2.27. The molecule has 0 spiro atoms. The number of hydrogen-bond acceptors (Lipinski definition) is 5. The van der Waals surface area contributed by atoms with Gasteiger partial charge in [0.2, 0.25) is 0 Å². The second-order valence-corrected chi connectivity index (χ2v) is 4.65. The number of nitrogens with zero attached hydrogens (tertiary/aromatic N) is 5. The van der Waals surface area contributed by atoms with E-state index >= 15 is 0 Å². The standard InChI is InChI=1S/C12H18N6S/c1-4-16(2)12(19)17(3)10-5-7-11(8-6-10)18-9-13-14-15-18/h5-8H,4,9H2,1-3H3,(H,13,15). The Hall–Kier alpha value is -1.89. The Morgan fingerprint density at radius 2 is 2.05 bits per heavy atom. The number of hydrazine groups is 1. The van der Waals surface area contributed by atoms with E-state index in [4.69, 9.17) is 12.2 Å². The largest absolute Gasteiger partial charge is 0.352 e. The van der Waals surface area contributed by atoms with Gasteiger partial charge in [-0.15, -0.1) is 5.11 Å². The van der Waals surface area contributed by atoms with Crippen LogP contribution in [0.4, 0.5) is 11.4 Å². The number of hydrogen-bond donors (Lipinski definition) is 1. The fraction of sp³-hybridized carbons (Fsp3) is 0.417. The number of thiocarbonyl (C=S) groups is 1. The van der Waals surface area contributed by atoms with Crippen LogP contribution in [0.1, 0.15) is 6.92 Å². The fourth-order valence-electron chi connectivity index (χ4n) is 1.71. The molecular weight excluding hydrogens is 260 g/mol. The molecule has 2 rings (SSSR count). The van der Waals surface area contributed by atoms with E-state index in [-0.39, 0.29) is 0 Å². The molecule has 0 saturated heterocycles. The Kier molecular flexibility index (Phi) is 4.16.